The molecule has 0 spiro atoms. The fourth-order valence-electron chi connectivity index (χ4n) is 5.09. The van der Waals surface area contributed by atoms with Crippen LogP contribution in [0.3, 0.4) is 0 Å². The summed E-state index contributed by atoms with van der Waals surface area (Å²) in [4.78, 5) is 64.8. The first-order valence-corrected chi connectivity index (χ1v) is 14.8. The quantitative estimate of drug-likeness (QED) is 0.158. The maximum absolute atomic E-state index is 13.8. The highest BCUT2D eigenvalue weighted by Crippen LogP contribution is 2.31. The molecule has 1 fully saturated rings. The summed E-state index contributed by atoms with van der Waals surface area (Å²) in [6, 6.07) is 6.62. The smallest absolute Gasteiger partial charge is 0.330 e. The third kappa shape index (κ3) is 9.65. The van der Waals surface area contributed by atoms with Gasteiger partial charge in [-0.2, -0.15) is 5.10 Å². The molecule has 0 aliphatic carbocycles. The molecule has 3 rings (SSSR count). The van der Waals surface area contributed by atoms with Gasteiger partial charge < -0.3 is 31.4 Å². The summed E-state index contributed by atoms with van der Waals surface area (Å²) < 4.78 is 4.99. The Bertz CT molecular complexity index is 1230. The Labute approximate surface area is 252 Å². The van der Waals surface area contributed by atoms with E-state index in [9.17, 15) is 24.0 Å². The molecule has 0 aromatic heterocycles. The predicted molar refractivity (Wildman–Crippen MR) is 162 cm³/mol. The average Bonchev–Trinajstić information content (AvgIpc) is 3.54. The number of nitrogens with zero attached hydrogens (tertiary/aromatic N) is 1. The van der Waals surface area contributed by atoms with Crippen LogP contribution in [0.25, 0.3) is 0 Å². The Hall–Kier alpha value is -4.22. The van der Waals surface area contributed by atoms with E-state index in [4.69, 9.17) is 4.74 Å². The lowest BCUT2D eigenvalue weighted by Crippen LogP contribution is -2.57. The molecule has 1 saturated heterocycles. The standard InChI is InChI=1S/C31H44N6O6/c1-6-43-25(38)13-12-22(18-31(5)14-15-32-30(31)42)33-27(39)23(17-21-10-8-7-9-11-21)34-29(41)26(19(2)3)35-28(40)24-16-20(4)36-37-24/h7-13,19-20,22-23,26,36H,6,14-18H2,1-5H3,(H,32,42)(H,33,39)(H,34,41)(H,35,40)/b13-12+/t20?,22-,23+,26+,31+/m1/s1. The van der Waals surface area contributed by atoms with Gasteiger partial charge in [0, 0.05) is 37.5 Å². The predicted octanol–water partition coefficient (Wildman–Crippen LogP) is 1.11. The van der Waals surface area contributed by atoms with Crippen LogP contribution in [0.2, 0.25) is 0 Å². The van der Waals surface area contributed by atoms with Crippen LogP contribution in [0.5, 0.6) is 0 Å². The summed E-state index contributed by atoms with van der Waals surface area (Å²) in [5, 5.41) is 15.4. The van der Waals surface area contributed by atoms with E-state index in [0.717, 1.165) is 5.56 Å². The Balaban J connectivity index is 1.82. The van der Waals surface area contributed by atoms with Gasteiger partial charge in [0.1, 0.15) is 17.8 Å². The molecular weight excluding hydrogens is 552 g/mol. The van der Waals surface area contributed by atoms with Gasteiger partial charge in [-0.15, -0.1) is 0 Å². The number of carbonyl (C=O) groups is 5. The third-order valence-electron chi connectivity index (χ3n) is 7.59. The molecule has 0 radical (unpaired) electrons. The molecule has 1 unspecified atom stereocenters. The zero-order valence-electron chi connectivity index (χ0n) is 25.6. The second-order valence-corrected chi connectivity index (χ2v) is 11.7. The van der Waals surface area contributed by atoms with Gasteiger partial charge >= 0.3 is 5.97 Å². The summed E-state index contributed by atoms with van der Waals surface area (Å²) in [6.07, 6.45) is 4.19. The molecule has 43 heavy (non-hydrogen) atoms. The van der Waals surface area contributed by atoms with Crippen molar-refractivity contribution in [1.29, 1.82) is 0 Å². The lowest BCUT2D eigenvalue weighted by molar-refractivity contribution is -0.137. The molecular formula is C31H44N6O6. The van der Waals surface area contributed by atoms with Crippen molar-refractivity contribution in [3.63, 3.8) is 0 Å². The van der Waals surface area contributed by atoms with Crippen molar-refractivity contribution in [3.05, 3.63) is 48.0 Å². The fourth-order valence-corrected chi connectivity index (χ4v) is 5.09. The summed E-state index contributed by atoms with van der Waals surface area (Å²) >= 11 is 0. The molecule has 12 heteroatoms. The third-order valence-corrected chi connectivity index (χ3v) is 7.59. The minimum atomic E-state index is -1.01. The second kappa shape index (κ2) is 15.3. The molecule has 234 valence electrons. The van der Waals surface area contributed by atoms with Gasteiger partial charge in [-0.05, 0) is 38.2 Å². The highest BCUT2D eigenvalue weighted by Gasteiger charge is 2.40. The van der Waals surface area contributed by atoms with E-state index in [1.807, 2.05) is 44.2 Å². The highest BCUT2D eigenvalue weighted by molar-refractivity contribution is 6.39. The summed E-state index contributed by atoms with van der Waals surface area (Å²) in [5.74, 6) is -2.43. The van der Waals surface area contributed by atoms with Crippen molar-refractivity contribution in [2.45, 2.75) is 84.5 Å². The van der Waals surface area contributed by atoms with E-state index in [2.05, 4.69) is 31.8 Å². The maximum Gasteiger partial charge on any atom is 0.330 e. The SMILES string of the molecule is CCOC(=O)/C=C/[C@H](C[C@]1(C)CCNC1=O)NC(=O)[C@H](Cc1ccccc1)NC(=O)[C@@H](NC(=O)C1=NNC(C)C1)C(C)C. The number of rotatable bonds is 14. The number of hydrogen-bond acceptors (Lipinski definition) is 8. The van der Waals surface area contributed by atoms with Gasteiger partial charge in [-0.1, -0.05) is 57.2 Å². The largest absolute Gasteiger partial charge is 0.463 e. The number of amides is 4. The first-order valence-electron chi connectivity index (χ1n) is 14.8. The van der Waals surface area contributed by atoms with Gasteiger partial charge in [0.15, 0.2) is 0 Å². The van der Waals surface area contributed by atoms with E-state index in [1.54, 1.807) is 20.8 Å². The Kier molecular flexibility index (Phi) is 11.8. The van der Waals surface area contributed by atoms with E-state index in [0.29, 0.717) is 25.1 Å². The number of hydrazone groups is 1. The number of ether oxygens (including phenoxy) is 1. The summed E-state index contributed by atoms with van der Waals surface area (Å²) in [6.45, 7) is 9.73. The van der Waals surface area contributed by atoms with Crippen LogP contribution in [0.1, 0.15) is 59.4 Å². The highest BCUT2D eigenvalue weighted by atomic mass is 16.5. The topological polar surface area (TPSA) is 167 Å². The molecule has 2 aliphatic rings. The number of benzene rings is 1. The van der Waals surface area contributed by atoms with Crippen molar-refractivity contribution < 1.29 is 28.7 Å². The van der Waals surface area contributed by atoms with Gasteiger partial charge in [-0.3, -0.25) is 19.2 Å². The van der Waals surface area contributed by atoms with E-state index in [1.165, 1.54) is 12.2 Å². The molecule has 5 atom stereocenters. The summed E-state index contributed by atoms with van der Waals surface area (Å²) in [7, 11) is 0. The lowest BCUT2D eigenvalue weighted by atomic mass is 9.82. The van der Waals surface area contributed by atoms with Crippen LogP contribution in [-0.4, -0.2) is 72.6 Å². The Morgan fingerprint density at radius 2 is 1.84 bits per heavy atom. The van der Waals surface area contributed by atoms with Crippen LogP contribution in [0.4, 0.5) is 0 Å². The molecule has 12 nitrogen and oxygen atoms in total. The van der Waals surface area contributed by atoms with Crippen LogP contribution in [0, 0.1) is 11.3 Å². The lowest BCUT2D eigenvalue weighted by Gasteiger charge is -2.29. The van der Waals surface area contributed by atoms with Crippen molar-refractivity contribution in [1.82, 2.24) is 26.7 Å². The number of carbonyl (C=O) groups excluding carboxylic acids is 5. The van der Waals surface area contributed by atoms with Crippen molar-refractivity contribution in [2.75, 3.05) is 13.2 Å². The second-order valence-electron chi connectivity index (χ2n) is 11.7. The van der Waals surface area contributed by atoms with E-state index < -0.39 is 47.2 Å². The number of nitrogens with one attached hydrogen (secondary N) is 5. The fraction of sp³-hybridized carbons (Fsp3) is 0.548. The molecule has 2 aliphatic heterocycles. The number of esters is 1. The minimum Gasteiger partial charge on any atom is -0.463 e. The molecule has 5 N–H and O–H groups in total. The van der Waals surface area contributed by atoms with Crippen LogP contribution in [-0.2, 0) is 35.1 Å². The van der Waals surface area contributed by atoms with Crippen molar-refractivity contribution in [3.8, 4) is 0 Å². The van der Waals surface area contributed by atoms with Gasteiger partial charge in [-0.25, -0.2) is 4.79 Å². The molecule has 0 saturated carbocycles. The van der Waals surface area contributed by atoms with Crippen molar-refractivity contribution >= 4 is 35.3 Å². The number of hydrogen-bond donors (Lipinski definition) is 5. The Morgan fingerprint density at radius 3 is 2.42 bits per heavy atom. The van der Waals surface area contributed by atoms with Crippen LogP contribution in [0.15, 0.2) is 47.6 Å². The maximum atomic E-state index is 13.8. The molecule has 2 heterocycles. The molecule has 0 bridgehead atoms. The molecule has 1 aromatic carbocycles. The van der Waals surface area contributed by atoms with Crippen molar-refractivity contribution in [2.24, 2.45) is 16.4 Å². The van der Waals surface area contributed by atoms with Gasteiger partial charge in [0.2, 0.25) is 17.7 Å². The van der Waals surface area contributed by atoms with E-state index in [-0.39, 0.29) is 37.3 Å². The zero-order valence-corrected chi connectivity index (χ0v) is 25.6. The van der Waals surface area contributed by atoms with Crippen LogP contribution >= 0.6 is 0 Å². The molecule has 4 amide bonds. The molecule has 1 aromatic rings. The zero-order chi connectivity index (χ0) is 31.6. The van der Waals surface area contributed by atoms with Crippen LogP contribution < -0.4 is 26.7 Å². The Morgan fingerprint density at radius 1 is 1.12 bits per heavy atom. The minimum absolute atomic E-state index is 0.0226. The van der Waals surface area contributed by atoms with E-state index >= 15 is 0 Å². The van der Waals surface area contributed by atoms with Gasteiger partial charge in [0.05, 0.1) is 12.0 Å². The monoisotopic (exact) mass is 596 g/mol. The summed E-state index contributed by atoms with van der Waals surface area (Å²) in [5.41, 5.74) is 3.22. The first kappa shape index (κ1) is 33.3. The normalized spacial score (nSPS) is 21.8. The average molecular weight is 597 g/mol. The first-order chi connectivity index (χ1) is 20.4. The van der Waals surface area contributed by atoms with Gasteiger partial charge in [0.25, 0.3) is 5.91 Å².